The molecule has 0 aromatic heterocycles. The van der Waals surface area contributed by atoms with Crippen LogP contribution in [0.1, 0.15) is 37.3 Å². The molecule has 2 aromatic carbocycles. The highest BCUT2D eigenvalue weighted by molar-refractivity contribution is 5.79. The highest BCUT2D eigenvalue weighted by atomic mass is 15.4. The van der Waals surface area contributed by atoms with Gasteiger partial charge in [0.2, 0.25) is 0 Å². The van der Waals surface area contributed by atoms with Gasteiger partial charge in [0, 0.05) is 37.9 Å². The van der Waals surface area contributed by atoms with Gasteiger partial charge >= 0.3 is 0 Å². The molecule has 0 radical (unpaired) electrons. The zero-order valence-corrected chi connectivity index (χ0v) is 17.2. The number of rotatable bonds is 8. The molecule has 0 bridgehead atoms. The molecular weight excluding hydrogens is 344 g/mol. The average Bonchev–Trinajstić information content (AvgIpc) is 2.73. The van der Waals surface area contributed by atoms with E-state index in [2.05, 4.69) is 103 Å². The average molecular weight is 376 g/mol. The van der Waals surface area contributed by atoms with E-state index in [9.17, 15) is 0 Å². The van der Waals surface area contributed by atoms with Crippen LogP contribution in [0.2, 0.25) is 0 Å². The molecule has 146 valence electrons. The molecule has 0 fully saturated rings. The van der Waals surface area contributed by atoms with Crippen molar-refractivity contribution in [2.24, 2.45) is 4.99 Å². The smallest absolute Gasteiger partial charge is 0.173 e. The Labute approximate surface area is 168 Å². The second-order valence-electron chi connectivity index (χ2n) is 7.27. The Morgan fingerprint density at radius 1 is 1.11 bits per heavy atom. The van der Waals surface area contributed by atoms with Gasteiger partial charge in [-0.25, -0.2) is 0 Å². The van der Waals surface area contributed by atoms with Crippen LogP contribution < -0.4 is 5.43 Å². The molecule has 1 atom stereocenters. The summed E-state index contributed by atoms with van der Waals surface area (Å²) in [5.74, 6) is 0. The van der Waals surface area contributed by atoms with Crippen LogP contribution in [0.15, 0.2) is 65.8 Å². The topological polar surface area (TPSA) is 30.6 Å². The first kappa shape index (κ1) is 19.9. The van der Waals surface area contributed by atoms with Crippen LogP contribution in [0.5, 0.6) is 0 Å². The maximum atomic E-state index is 4.72. The third kappa shape index (κ3) is 5.32. The molecule has 0 saturated heterocycles. The van der Waals surface area contributed by atoms with Crippen molar-refractivity contribution in [3.05, 3.63) is 71.9 Å². The molecule has 1 unspecified atom stereocenters. The number of anilines is 1. The third-order valence-electron chi connectivity index (χ3n) is 5.02. The summed E-state index contributed by atoms with van der Waals surface area (Å²) in [7, 11) is 2.13. The molecule has 0 aliphatic carbocycles. The van der Waals surface area contributed by atoms with E-state index < -0.39 is 0 Å². The lowest BCUT2D eigenvalue weighted by Gasteiger charge is -2.27. The third-order valence-corrected chi connectivity index (χ3v) is 5.02. The minimum absolute atomic E-state index is 0.295. The van der Waals surface area contributed by atoms with E-state index in [1.807, 2.05) is 6.07 Å². The number of hydrogen-bond acceptors (Lipinski definition) is 3. The van der Waals surface area contributed by atoms with Gasteiger partial charge in [-0.1, -0.05) is 55.5 Å². The summed E-state index contributed by atoms with van der Waals surface area (Å²) in [6, 6.07) is 19.1. The molecule has 0 amide bonds. The Morgan fingerprint density at radius 2 is 1.86 bits per heavy atom. The highest BCUT2D eigenvalue weighted by Crippen LogP contribution is 2.21. The van der Waals surface area contributed by atoms with Gasteiger partial charge in [0.1, 0.15) is 0 Å². The molecule has 1 heterocycles. The van der Waals surface area contributed by atoms with Crippen molar-refractivity contribution in [3.63, 3.8) is 0 Å². The van der Waals surface area contributed by atoms with Crippen molar-refractivity contribution in [2.45, 2.75) is 39.2 Å². The van der Waals surface area contributed by atoms with E-state index in [0.29, 0.717) is 6.04 Å². The molecule has 28 heavy (non-hydrogen) atoms. The molecule has 0 spiro atoms. The van der Waals surface area contributed by atoms with Crippen molar-refractivity contribution >= 4 is 23.8 Å². The van der Waals surface area contributed by atoms with E-state index in [1.165, 1.54) is 5.56 Å². The molecule has 0 saturated carbocycles. The summed E-state index contributed by atoms with van der Waals surface area (Å²) in [4.78, 5) is 6.98. The largest absolute Gasteiger partial charge is 0.370 e. The molecule has 1 N–H and O–H groups in total. The number of nitrogens with zero attached hydrogens (tertiary/aromatic N) is 3. The van der Waals surface area contributed by atoms with Gasteiger partial charge in [-0.05, 0) is 25.0 Å². The van der Waals surface area contributed by atoms with Crippen LogP contribution in [-0.2, 0) is 0 Å². The summed E-state index contributed by atoms with van der Waals surface area (Å²) >= 11 is 0. The summed E-state index contributed by atoms with van der Waals surface area (Å²) in [6.45, 7) is 5.27. The molecule has 2 aromatic rings. The SMILES string of the molecule is CCCC=[N+](CCC1C=NC(c2ccccc2)=CN1C)Nc1ccccc1C. The first-order valence-electron chi connectivity index (χ1n) is 10.1. The lowest BCUT2D eigenvalue weighted by molar-refractivity contribution is -0.493. The van der Waals surface area contributed by atoms with Crippen LogP contribution in [0.25, 0.3) is 5.70 Å². The molecule has 4 nitrogen and oxygen atoms in total. The number of hydrazine groups is 1. The lowest BCUT2D eigenvalue weighted by Crippen LogP contribution is -2.35. The van der Waals surface area contributed by atoms with Crippen molar-refractivity contribution in [1.82, 2.24) is 4.90 Å². The number of unbranched alkanes of at least 4 members (excludes halogenated alkanes) is 1. The summed E-state index contributed by atoms with van der Waals surface area (Å²) in [6.07, 6.45) is 9.68. The van der Waals surface area contributed by atoms with Gasteiger partial charge in [-0.2, -0.15) is 5.43 Å². The quantitative estimate of drug-likeness (QED) is 0.401. The number of benzene rings is 2. The monoisotopic (exact) mass is 375 g/mol. The molecule has 4 heteroatoms. The highest BCUT2D eigenvalue weighted by Gasteiger charge is 2.18. The van der Waals surface area contributed by atoms with Crippen molar-refractivity contribution in [1.29, 1.82) is 0 Å². The van der Waals surface area contributed by atoms with Crippen molar-refractivity contribution in [2.75, 3.05) is 19.0 Å². The van der Waals surface area contributed by atoms with Gasteiger partial charge in [0.25, 0.3) is 0 Å². The van der Waals surface area contributed by atoms with Crippen LogP contribution in [0, 0.1) is 6.92 Å². The van der Waals surface area contributed by atoms with Crippen LogP contribution in [-0.4, -0.2) is 41.6 Å². The lowest BCUT2D eigenvalue weighted by atomic mass is 10.1. The normalized spacial score (nSPS) is 16.8. The number of aryl methyl sites for hydroxylation is 1. The number of aliphatic imine (C=N–C) groups is 1. The molecule has 3 rings (SSSR count). The Morgan fingerprint density at radius 3 is 2.57 bits per heavy atom. The molecule has 1 aliphatic heterocycles. The Bertz CT molecular complexity index is 852. The number of hydrogen-bond donors (Lipinski definition) is 1. The van der Waals surface area contributed by atoms with Crippen molar-refractivity contribution < 1.29 is 4.68 Å². The van der Waals surface area contributed by atoms with E-state index in [0.717, 1.165) is 42.8 Å². The zero-order chi connectivity index (χ0) is 19.8. The predicted octanol–water partition coefficient (Wildman–Crippen LogP) is 4.98. The minimum atomic E-state index is 0.295. The summed E-state index contributed by atoms with van der Waals surface area (Å²) in [5.41, 5.74) is 8.16. The standard InChI is InChI=1S/C24H31N4/c1-4-5-16-28(26-23-14-10-9-11-20(23)2)17-15-22-18-25-24(19-27(22)3)21-12-7-6-8-13-21/h6-14,16,18-19,22,26H,4-5,15,17H2,1-3H3/q+1. The number of hydrazone groups is 1. The first-order chi connectivity index (χ1) is 13.7. The van der Waals surface area contributed by atoms with Crippen LogP contribution >= 0.6 is 0 Å². The van der Waals surface area contributed by atoms with Gasteiger partial charge < -0.3 is 4.90 Å². The van der Waals surface area contributed by atoms with Gasteiger partial charge in [0.05, 0.1) is 17.4 Å². The van der Waals surface area contributed by atoms with E-state index in [1.54, 1.807) is 0 Å². The van der Waals surface area contributed by atoms with Gasteiger partial charge in [-0.15, -0.1) is 4.68 Å². The maximum absolute atomic E-state index is 4.72. The van der Waals surface area contributed by atoms with E-state index in [4.69, 9.17) is 4.99 Å². The summed E-state index contributed by atoms with van der Waals surface area (Å²) in [5, 5.41) is 0. The van der Waals surface area contributed by atoms with Gasteiger partial charge in [0.15, 0.2) is 12.8 Å². The minimum Gasteiger partial charge on any atom is -0.370 e. The van der Waals surface area contributed by atoms with Crippen molar-refractivity contribution in [3.8, 4) is 0 Å². The zero-order valence-electron chi connectivity index (χ0n) is 17.2. The Balaban J connectivity index is 1.63. The number of para-hydroxylation sites is 1. The fraction of sp³-hybridized carbons (Fsp3) is 0.333. The Kier molecular flexibility index (Phi) is 7.01. The fourth-order valence-electron chi connectivity index (χ4n) is 3.23. The number of nitrogens with one attached hydrogen (secondary N) is 1. The van der Waals surface area contributed by atoms with Crippen LogP contribution in [0.4, 0.5) is 5.69 Å². The first-order valence-corrected chi connectivity index (χ1v) is 10.1. The second-order valence-corrected chi connectivity index (χ2v) is 7.27. The predicted molar refractivity (Wildman–Crippen MR) is 120 cm³/mol. The fourth-order valence-corrected chi connectivity index (χ4v) is 3.23. The molecular formula is C24H31N4+. The second kappa shape index (κ2) is 9.88. The van der Waals surface area contributed by atoms with Crippen LogP contribution in [0.3, 0.4) is 0 Å². The summed E-state index contributed by atoms with van der Waals surface area (Å²) < 4.78 is 2.23. The Hall–Kier alpha value is -2.88. The van der Waals surface area contributed by atoms with E-state index in [-0.39, 0.29) is 0 Å². The van der Waals surface area contributed by atoms with E-state index >= 15 is 0 Å². The maximum Gasteiger partial charge on any atom is 0.173 e. The molecule has 1 aliphatic rings. The van der Waals surface area contributed by atoms with Gasteiger partial charge in [-0.3, -0.25) is 4.99 Å².